The fourth-order valence-electron chi connectivity index (χ4n) is 6.67. The molecule has 6 nitrogen and oxygen atoms in total. The fourth-order valence-corrected chi connectivity index (χ4v) is 6.67. The number of esters is 1. The smallest absolute Gasteiger partial charge is 0.305 e. The highest BCUT2D eigenvalue weighted by atomic mass is 16.5. The van der Waals surface area contributed by atoms with E-state index in [0.29, 0.717) is 25.9 Å². The second-order valence-corrected chi connectivity index (χ2v) is 15.7. The zero-order chi connectivity index (χ0) is 40.1. The standard InChI is InChI=1S/C49H89NO5/c1-3-5-7-9-11-13-15-18-23-27-31-35-39-43-49(54)55-44-40-36-32-28-24-20-17-19-22-26-30-34-38-42-48(53)50-46(45-51)47(52)41-37-33-29-25-21-16-14-12-10-8-6-4-2/h13,15,19,22,30,34,37,41,46-47,51-52H,3-12,14,16-18,20-21,23-29,31-33,35-36,38-40,42-45H2,1-2H3,(H,50,53)/b15-13-,22-19-,34-30-,41-37+. The van der Waals surface area contributed by atoms with Crippen molar-refractivity contribution in [3.8, 4) is 0 Å². The second-order valence-electron chi connectivity index (χ2n) is 15.7. The minimum absolute atomic E-state index is 0.0292. The highest BCUT2D eigenvalue weighted by molar-refractivity contribution is 5.76. The van der Waals surface area contributed by atoms with Crippen LogP contribution in [0.5, 0.6) is 0 Å². The number of unbranched alkanes of at least 4 members (excludes halogenated alkanes) is 25. The van der Waals surface area contributed by atoms with E-state index in [0.717, 1.165) is 51.4 Å². The molecule has 0 aromatic carbocycles. The van der Waals surface area contributed by atoms with Crippen LogP contribution in [0.25, 0.3) is 0 Å². The summed E-state index contributed by atoms with van der Waals surface area (Å²) in [7, 11) is 0. The van der Waals surface area contributed by atoms with E-state index in [2.05, 4.69) is 49.5 Å². The van der Waals surface area contributed by atoms with Gasteiger partial charge in [0.25, 0.3) is 0 Å². The van der Waals surface area contributed by atoms with Gasteiger partial charge >= 0.3 is 5.97 Å². The SMILES string of the molecule is CCCCCC/C=C\CCCCCCCC(=O)OCCCCCCCC/C=C\C/C=C\CCC(=O)NC(CO)C(O)/C=C/CCCCCCCCCCCC. The normalized spacial score (nSPS) is 13.2. The highest BCUT2D eigenvalue weighted by Crippen LogP contribution is 2.13. The number of hydrogen-bond donors (Lipinski definition) is 3. The van der Waals surface area contributed by atoms with Crippen molar-refractivity contribution >= 4 is 11.9 Å². The predicted molar refractivity (Wildman–Crippen MR) is 236 cm³/mol. The van der Waals surface area contributed by atoms with Crippen LogP contribution in [0.1, 0.15) is 226 Å². The Kier molecular flexibility index (Phi) is 42.8. The molecule has 0 rings (SSSR count). The first kappa shape index (κ1) is 52.8. The van der Waals surface area contributed by atoms with Crippen LogP contribution in [0.3, 0.4) is 0 Å². The molecule has 2 unspecified atom stereocenters. The number of nitrogens with one attached hydrogen (secondary N) is 1. The average molecular weight is 772 g/mol. The molecule has 0 aromatic heterocycles. The van der Waals surface area contributed by atoms with Crippen molar-refractivity contribution in [3.63, 3.8) is 0 Å². The molecule has 55 heavy (non-hydrogen) atoms. The Bertz CT molecular complexity index is 942. The van der Waals surface area contributed by atoms with Gasteiger partial charge in [0.05, 0.1) is 25.4 Å². The van der Waals surface area contributed by atoms with Crippen LogP contribution >= 0.6 is 0 Å². The lowest BCUT2D eigenvalue weighted by molar-refractivity contribution is -0.143. The third kappa shape index (κ3) is 41.3. The Morgan fingerprint density at radius 3 is 1.45 bits per heavy atom. The number of ether oxygens (including phenoxy) is 1. The van der Waals surface area contributed by atoms with Crippen LogP contribution in [-0.4, -0.2) is 47.4 Å². The van der Waals surface area contributed by atoms with E-state index in [1.807, 2.05) is 12.2 Å². The summed E-state index contributed by atoms with van der Waals surface area (Å²) in [6.45, 7) is 4.79. The van der Waals surface area contributed by atoms with Crippen molar-refractivity contribution in [2.75, 3.05) is 13.2 Å². The third-order valence-corrected chi connectivity index (χ3v) is 10.3. The van der Waals surface area contributed by atoms with Crippen LogP contribution in [-0.2, 0) is 14.3 Å². The van der Waals surface area contributed by atoms with Crippen LogP contribution in [0, 0.1) is 0 Å². The van der Waals surface area contributed by atoms with E-state index >= 15 is 0 Å². The van der Waals surface area contributed by atoms with Crippen LogP contribution < -0.4 is 5.32 Å². The van der Waals surface area contributed by atoms with E-state index < -0.39 is 12.1 Å². The molecule has 0 aromatic rings. The Labute approximate surface area is 340 Å². The molecule has 0 radical (unpaired) electrons. The molecular formula is C49H89NO5. The number of allylic oxidation sites excluding steroid dienone is 7. The van der Waals surface area contributed by atoms with Crippen molar-refractivity contribution < 1.29 is 24.5 Å². The lowest BCUT2D eigenvalue weighted by atomic mass is 10.1. The summed E-state index contributed by atoms with van der Waals surface area (Å²) in [5.74, 6) is -0.181. The van der Waals surface area contributed by atoms with Gasteiger partial charge < -0.3 is 20.3 Å². The quantitative estimate of drug-likeness (QED) is 0.0326. The summed E-state index contributed by atoms with van der Waals surface area (Å²) in [6, 6.07) is -0.671. The summed E-state index contributed by atoms with van der Waals surface area (Å²) in [5.41, 5.74) is 0. The Morgan fingerprint density at radius 2 is 0.927 bits per heavy atom. The molecule has 0 spiro atoms. The monoisotopic (exact) mass is 772 g/mol. The van der Waals surface area contributed by atoms with Crippen molar-refractivity contribution in [1.82, 2.24) is 5.32 Å². The number of carbonyl (C=O) groups excluding carboxylic acids is 2. The van der Waals surface area contributed by atoms with E-state index in [1.165, 1.54) is 141 Å². The number of aliphatic hydroxyl groups excluding tert-OH is 2. The lowest BCUT2D eigenvalue weighted by Crippen LogP contribution is -2.45. The van der Waals surface area contributed by atoms with Gasteiger partial charge in [-0.3, -0.25) is 9.59 Å². The average Bonchev–Trinajstić information content (AvgIpc) is 3.18. The fraction of sp³-hybridized carbons (Fsp3) is 0.796. The number of rotatable bonds is 42. The zero-order valence-corrected chi connectivity index (χ0v) is 36.1. The molecule has 0 aliphatic heterocycles. The van der Waals surface area contributed by atoms with Gasteiger partial charge in [0, 0.05) is 12.8 Å². The number of hydrogen-bond acceptors (Lipinski definition) is 5. The topological polar surface area (TPSA) is 95.9 Å². The summed E-state index contributed by atoms with van der Waals surface area (Å²) in [5, 5.41) is 22.9. The van der Waals surface area contributed by atoms with Crippen molar-refractivity contribution in [2.45, 2.75) is 238 Å². The third-order valence-electron chi connectivity index (χ3n) is 10.3. The molecular weight excluding hydrogens is 683 g/mol. The van der Waals surface area contributed by atoms with Crippen LogP contribution in [0.15, 0.2) is 48.6 Å². The maximum atomic E-state index is 12.3. The van der Waals surface area contributed by atoms with Gasteiger partial charge in [-0.2, -0.15) is 0 Å². The molecule has 0 saturated carbocycles. The van der Waals surface area contributed by atoms with Gasteiger partial charge in [0.1, 0.15) is 0 Å². The minimum Gasteiger partial charge on any atom is -0.466 e. The van der Waals surface area contributed by atoms with E-state index in [9.17, 15) is 19.8 Å². The number of carbonyl (C=O) groups is 2. The van der Waals surface area contributed by atoms with Gasteiger partial charge in [-0.15, -0.1) is 0 Å². The largest absolute Gasteiger partial charge is 0.466 e. The predicted octanol–water partition coefficient (Wildman–Crippen LogP) is 13.5. The maximum Gasteiger partial charge on any atom is 0.305 e. The van der Waals surface area contributed by atoms with E-state index in [-0.39, 0.29) is 18.5 Å². The number of amides is 1. The van der Waals surface area contributed by atoms with Gasteiger partial charge in [0.15, 0.2) is 0 Å². The molecule has 6 heteroatoms. The summed E-state index contributed by atoms with van der Waals surface area (Å²) < 4.78 is 5.43. The highest BCUT2D eigenvalue weighted by Gasteiger charge is 2.17. The Hall–Kier alpha value is -2.18. The molecule has 2 atom stereocenters. The summed E-state index contributed by atoms with van der Waals surface area (Å²) in [4.78, 5) is 24.3. The molecule has 0 saturated heterocycles. The molecule has 0 fully saturated rings. The first-order valence-corrected chi connectivity index (χ1v) is 23.4. The zero-order valence-electron chi connectivity index (χ0n) is 36.1. The molecule has 0 aliphatic carbocycles. The second kappa shape index (κ2) is 44.5. The molecule has 320 valence electrons. The number of aliphatic hydroxyl groups is 2. The summed E-state index contributed by atoms with van der Waals surface area (Å²) >= 11 is 0. The van der Waals surface area contributed by atoms with Gasteiger partial charge in [-0.1, -0.05) is 184 Å². The van der Waals surface area contributed by atoms with Crippen molar-refractivity contribution in [1.29, 1.82) is 0 Å². The molecule has 1 amide bonds. The van der Waals surface area contributed by atoms with Crippen molar-refractivity contribution in [3.05, 3.63) is 48.6 Å². The minimum atomic E-state index is -0.878. The maximum absolute atomic E-state index is 12.3. The molecule has 3 N–H and O–H groups in total. The first-order valence-electron chi connectivity index (χ1n) is 23.4. The first-order chi connectivity index (χ1) is 27.0. The van der Waals surface area contributed by atoms with E-state index in [1.54, 1.807) is 6.08 Å². The molecule has 0 heterocycles. The molecule has 0 bridgehead atoms. The van der Waals surface area contributed by atoms with Crippen LogP contribution in [0.2, 0.25) is 0 Å². The van der Waals surface area contributed by atoms with E-state index in [4.69, 9.17) is 4.74 Å². The Balaban J connectivity index is 3.61. The van der Waals surface area contributed by atoms with Crippen LogP contribution in [0.4, 0.5) is 0 Å². The summed E-state index contributed by atoms with van der Waals surface area (Å²) in [6.07, 6.45) is 53.9. The van der Waals surface area contributed by atoms with Gasteiger partial charge in [-0.05, 0) is 77.0 Å². The Morgan fingerprint density at radius 1 is 0.509 bits per heavy atom. The van der Waals surface area contributed by atoms with Gasteiger partial charge in [-0.25, -0.2) is 0 Å². The van der Waals surface area contributed by atoms with Gasteiger partial charge in [0.2, 0.25) is 5.91 Å². The molecule has 0 aliphatic rings. The lowest BCUT2D eigenvalue weighted by Gasteiger charge is -2.19. The van der Waals surface area contributed by atoms with Crippen molar-refractivity contribution in [2.24, 2.45) is 0 Å².